The summed E-state index contributed by atoms with van der Waals surface area (Å²) >= 11 is 1.56. The van der Waals surface area contributed by atoms with Gasteiger partial charge in [-0.15, -0.1) is 11.3 Å². The largest absolute Gasteiger partial charge is 0.394 e. The van der Waals surface area contributed by atoms with Crippen molar-refractivity contribution in [3.05, 3.63) is 58.6 Å². The molecular formula is C28H38N4O5S. The Bertz CT molecular complexity index is 1210. The summed E-state index contributed by atoms with van der Waals surface area (Å²) in [5.41, 5.74) is 5.17. The third-order valence-electron chi connectivity index (χ3n) is 6.57. The van der Waals surface area contributed by atoms with Crippen LogP contribution in [-0.4, -0.2) is 62.4 Å². The number of nitrogens with one attached hydrogen (secondary N) is 1. The fourth-order valence-corrected chi connectivity index (χ4v) is 5.51. The molecule has 1 aliphatic rings. The quantitative estimate of drug-likeness (QED) is 0.392. The van der Waals surface area contributed by atoms with Gasteiger partial charge in [0.05, 0.1) is 40.5 Å². The lowest BCUT2D eigenvalue weighted by Gasteiger charge is -2.29. The van der Waals surface area contributed by atoms with Crippen LogP contribution in [0.4, 0.5) is 0 Å². The lowest BCUT2D eigenvalue weighted by molar-refractivity contribution is -0.141. The number of benzene rings is 1. The van der Waals surface area contributed by atoms with Crippen LogP contribution in [0.25, 0.3) is 10.4 Å². The van der Waals surface area contributed by atoms with Crippen molar-refractivity contribution in [1.82, 2.24) is 20.4 Å². The van der Waals surface area contributed by atoms with Crippen molar-refractivity contribution < 1.29 is 24.3 Å². The normalized spacial score (nSPS) is 18.6. The second-order valence-corrected chi connectivity index (χ2v) is 10.5. The number of aryl methyl sites for hydroxylation is 2. The number of rotatable bonds is 8. The highest BCUT2D eigenvalue weighted by molar-refractivity contribution is 7.13. The molecule has 38 heavy (non-hydrogen) atoms. The summed E-state index contributed by atoms with van der Waals surface area (Å²) in [6, 6.07) is 7.82. The maximum absolute atomic E-state index is 13.6. The molecule has 1 saturated heterocycles. The van der Waals surface area contributed by atoms with Crippen LogP contribution in [0.2, 0.25) is 0 Å². The molecule has 0 saturated carbocycles. The predicted octanol–water partition coefficient (Wildman–Crippen LogP) is 3.99. The Morgan fingerprint density at radius 1 is 1.21 bits per heavy atom. The average molecular weight is 543 g/mol. The van der Waals surface area contributed by atoms with Crippen LogP contribution < -0.4 is 5.32 Å². The Kier molecular flexibility index (Phi) is 10.2. The topological polar surface area (TPSA) is 129 Å². The first-order valence-electron chi connectivity index (χ1n) is 13.0. The molecule has 9 nitrogen and oxygen atoms in total. The van der Waals surface area contributed by atoms with Gasteiger partial charge in [0, 0.05) is 19.0 Å². The first kappa shape index (κ1) is 29.5. The lowest BCUT2D eigenvalue weighted by Crippen LogP contribution is -2.49. The molecule has 4 unspecified atom stereocenters. The molecule has 1 aliphatic heterocycles. The van der Waals surface area contributed by atoms with Crippen molar-refractivity contribution >= 4 is 23.2 Å². The Morgan fingerprint density at radius 3 is 2.42 bits per heavy atom. The molecule has 3 aromatic rings. The number of β-amino-alcohol motifs (C(OH)–C–C–N with tert-alkyl or cyclic N) is 1. The fraction of sp³-hybridized carbons (Fsp3) is 0.500. The van der Waals surface area contributed by atoms with Gasteiger partial charge < -0.3 is 25.0 Å². The second-order valence-electron chi connectivity index (χ2n) is 9.62. The zero-order valence-corrected chi connectivity index (χ0v) is 23.7. The Hall–Kier alpha value is -3.08. The zero-order chi connectivity index (χ0) is 28.0. The average Bonchev–Trinajstić information content (AvgIpc) is 3.63. The van der Waals surface area contributed by atoms with Gasteiger partial charge in [0.25, 0.3) is 0 Å². The second kappa shape index (κ2) is 13.1. The van der Waals surface area contributed by atoms with Crippen LogP contribution in [0.3, 0.4) is 0 Å². The third kappa shape index (κ3) is 6.48. The van der Waals surface area contributed by atoms with E-state index in [9.17, 15) is 19.8 Å². The summed E-state index contributed by atoms with van der Waals surface area (Å²) in [4.78, 5) is 33.6. The van der Waals surface area contributed by atoms with E-state index in [1.165, 1.54) is 4.90 Å². The number of nitrogens with zero attached hydrogens (tertiary/aromatic N) is 3. The number of likely N-dealkylation sites (tertiary alicyclic amines) is 1. The highest BCUT2D eigenvalue weighted by Gasteiger charge is 2.43. The molecule has 0 radical (unpaired) electrons. The predicted molar refractivity (Wildman–Crippen MR) is 147 cm³/mol. The number of carbonyl (C=O) groups excluding carboxylic acids is 2. The summed E-state index contributed by atoms with van der Waals surface area (Å²) < 4.78 is 5.38. The van der Waals surface area contributed by atoms with Crippen LogP contribution in [0, 0.1) is 19.8 Å². The standard InChI is InChI=1S/C26H32N4O5S.C2H6/c1-14(2)23(22-9-15(3)29-35-22)26(34)30-11-19(32)10-21(30)25(33)28-20(12-31)17-5-7-18(8-6-17)24-16(4)27-13-36-24;1-2/h5-9,13-14,19-21,23,31-32H,10-12H2,1-4H3,(H,28,33);1-2H3. The van der Waals surface area contributed by atoms with Crippen molar-refractivity contribution in [2.24, 2.45) is 5.92 Å². The van der Waals surface area contributed by atoms with E-state index < -0.39 is 30.0 Å². The highest BCUT2D eigenvalue weighted by Crippen LogP contribution is 2.32. The molecular weight excluding hydrogens is 504 g/mol. The summed E-state index contributed by atoms with van der Waals surface area (Å²) in [5.74, 6) is -0.988. The molecule has 206 valence electrons. The number of hydrogen-bond acceptors (Lipinski definition) is 8. The smallest absolute Gasteiger partial charge is 0.243 e. The number of aliphatic hydroxyl groups is 2. The van der Waals surface area contributed by atoms with Gasteiger partial charge in [0.15, 0.2) is 0 Å². The van der Waals surface area contributed by atoms with Gasteiger partial charge in [-0.3, -0.25) is 9.59 Å². The summed E-state index contributed by atoms with van der Waals surface area (Å²) in [6.45, 7) is 11.3. The van der Waals surface area contributed by atoms with Gasteiger partial charge in [0.2, 0.25) is 11.8 Å². The summed E-state index contributed by atoms with van der Waals surface area (Å²) in [6.07, 6.45) is -0.692. The summed E-state index contributed by atoms with van der Waals surface area (Å²) in [7, 11) is 0. The van der Waals surface area contributed by atoms with E-state index in [0.717, 1.165) is 21.7 Å². The van der Waals surface area contributed by atoms with Crippen molar-refractivity contribution in [3.63, 3.8) is 0 Å². The van der Waals surface area contributed by atoms with Crippen molar-refractivity contribution in [1.29, 1.82) is 0 Å². The van der Waals surface area contributed by atoms with E-state index >= 15 is 0 Å². The minimum Gasteiger partial charge on any atom is -0.394 e. The number of aliphatic hydroxyl groups excluding tert-OH is 2. The van der Waals surface area contributed by atoms with E-state index in [1.807, 2.05) is 58.9 Å². The third-order valence-corrected chi connectivity index (χ3v) is 7.55. The first-order valence-corrected chi connectivity index (χ1v) is 13.9. The van der Waals surface area contributed by atoms with Gasteiger partial charge >= 0.3 is 0 Å². The lowest BCUT2D eigenvalue weighted by atomic mass is 9.91. The molecule has 1 aromatic carbocycles. The van der Waals surface area contributed by atoms with Crippen LogP contribution in [-0.2, 0) is 9.59 Å². The first-order chi connectivity index (χ1) is 18.2. The molecule has 3 N–H and O–H groups in total. The van der Waals surface area contributed by atoms with E-state index in [0.29, 0.717) is 11.5 Å². The maximum Gasteiger partial charge on any atom is 0.243 e. The molecule has 0 bridgehead atoms. The van der Waals surface area contributed by atoms with Gasteiger partial charge in [-0.05, 0) is 30.9 Å². The maximum atomic E-state index is 13.6. The fourth-order valence-electron chi connectivity index (χ4n) is 4.70. The molecule has 4 rings (SSSR count). The Labute approximate surface area is 227 Å². The molecule has 0 aliphatic carbocycles. The molecule has 0 spiro atoms. The van der Waals surface area contributed by atoms with Crippen molar-refractivity contribution in [2.75, 3.05) is 13.2 Å². The molecule has 1 fully saturated rings. The molecule has 10 heteroatoms. The number of hydrogen-bond donors (Lipinski definition) is 3. The minimum absolute atomic E-state index is 0.0555. The van der Waals surface area contributed by atoms with Crippen molar-refractivity contribution in [2.45, 2.75) is 72.1 Å². The van der Waals surface area contributed by atoms with Crippen LogP contribution >= 0.6 is 11.3 Å². The number of carbonyl (C=O) groups is 2. The van der Waals surface area contributed by atoms with Gasteiger partial charge in [-0.1, -0.05) is 57.1 Å². The Balaban J connectivity index is 0.00000195. The minimum atomic E-state index is -0.856. The summed E-state index contributed by atoms with van der Waals surface area (Å²) in [5, 5.41) is 27.2. The van der Waals surface area contributed by atoms with Crippen LogP contribution in [0.15, 0.2) is 40.4 Å². The molecule has 4 atom stereocenters. The van der Waals surface area contributed by atoms with E-state index in [1.54, 1.807) is 29.8 Å². The van der Waals surface area contributed by atoms with Gasteiger partial charge in [-0.25, -0.2) is 4.98 Å². The number of amides is 2. The number of thiazole rings is 1. The van der Waals surface area contributed by atoms with Crippen LogP contribution in [0.1, 0.15) is 68.8 Å². The number of aromatic nitrogens is 2. The SMILES string of the molecule is CC.Cc1cc(C(C(=O)N2CC(O)CC2C(=O)NC(CO)c2ccc(-c3scnc3C)cc2)C(C)C)on1. The van der Waals surface area contributed by atoms with E-state index in [4.69, 9.17) is 4.52 Å². The van der Waals surface area contributed by atoms with Crippen LogP contribution in [0.5, 0.6) is 0 Å². The molecule has 2 amide bonds. The molecule has 2 aromatic heterocycles. The van der Waals surface area contributed by atoms with Crippen molar-refractivity contribution in [3.8, 4) is 10.4 Å². The van der Waals surface area contributed by atoms with Gasteiger partial charge in [0.1, 0.15) is 17.7 Å². The van der Waals surface area contributed by atoms with E-state index in [-0.39, 0.29) is 31.4 Å². The monoisotopic (exact) mass is 542 g/mol. The van der Waals surface area contributed by atoms with E-state index in [2.05, 4.69) is 15.5 Å². The highest BCUT2D eigenvalue weighted by atomic mass is 32.1. The zero-order valence-electron chi connectivity index (χ0n) is 22.8. The van der Waals surface area contributed by atoms with Gasteiger partial charge in [-0.2, -0.15) is 0 Å². The molecule has 3 heterocycles. The Morgan fingerprint density at radius 2 is 1.89 bits per heavy atom.